The van der Waals surface area contributed by atoms with Crippen LogP contribution in [0.3, 0.4) is 0 Å². The summed E-state index contributed by atoms with van der Waals surface area (Å²) < 4.78 is 12.4. The highest BCUT2D eigenvalue weighted by atomic mass is 16.7. The highest BCUT2D eigenvalue weighted by molar-refractivity contribution is 6.62. The fourth-order valence-electron chi connectivity index (χ4n) is 2.72. The van der Waals surface area contributed by atoms with Gasteiger partial charge in [0, 0.05) is 6.20 Å². The molecular formula is C19H24BNO2. The first-order valence-electron chi connectivity index (χ1n) is 8.09. The Morgan fingerprint density at radius 3 is 2.17 bits per heavy atom. The molecule has 1 saturated heterocycles. The molecular weight excluding hydrogens is 285 g/mol. The van der Waals surface area contributed by atoms with Crippen molar-refractivity contribution in [2.24, 2.45) is 0 Å². The third-order valence-electron chi connectivity index (χ3n) is 5.00. The number of hydrogen-bond donors (Lipinski definition) is 0. The van der Waals surface area contributed by atoms with Gasteiger partial charge < -0.3 is 9.31 Å². The van der Waals surface area contributed by atoms with Crippen LogP contribution in [0.1, 0.15) is 38.8 Å². The summed E-state index contributed by atoms with van der Waals surface area (Å²) >= 11 is 0. The second-order valence-corrected chi connectivity index (χ2v) is 7.38. The Balaban J connectivity index is 2.00. The summed E-state index contributed by atoms with van der Waals surface area (Å²) in [4.78, 5) is 4.48. The number of hydrogen-bond acceptors (Lipinski definition) is 3. The van der Waals surface area contributed by atoms with Gasteiger partial charge in [0.2, 0.25) is 0 Å². The zero-order chi connectivity index (χ0) is 16.8. The normalized spacial score (nSPS) is 19.1. The molecule has 3 rings (SSSR count). The van der Waals surface area contributed by atoms with Crippen molar-refractivity contribution in [3.8, 4) is 11.3 Å². The molecule has 1 fully saturated rings. The van der Waals surface area contributed by atoms with Crippen molar-refractivity contribution >= 4 is 12.6 Å². The van der Waals surface area contributed by atoms with E-state index in [4.69, 9.17) is 9.31 Å². The largest absolute Gasteiger partial charge is 0.495 e. The smallest absolute Gasteiger partial charge is 0.399 e. The van der Waals surface area contributed by atoms with E-state index in [0.717, 1.165) is 16.7 Å². The summed E-state index contributed by atoms with van der Waals surface area (Å²) in [6.07, 6.45) is 1.85. The van der Waals surface area contributed by atoms with Gasteiger partial charge in [-0.3, -0.25) is 4.98 Å². The number of pyridine rings is 1. The molecule has 0 amide bonds. The molecule has 2 heterocycles. The molecule has 4 heteroatoms. The summed E-state index contributed by atoms with van der Waals surface area (Å²) in [7, 11) is -0.343. The molecule has 0 aliphatic carbocycles. The number of rotatable bonds is 2. The van der Waals surface area contributed by atoms with Gasteiger partial charge in [-0.05, 0) is 70.3 Å². The van der Waals surface area contributed by atoms with E-state index in [1.807, 2.05) is 12.3 Å². The van der Waals surface area contributed by atoms with E-state index >= 15 is 0 Å². The first kappa shape index (κ1) is 16.2. The Labute approximate surface area is 139 Å². The van der Waals surface area contributed by atoms with Crippen molar-refractivity contribution in [1.82, 2.24) is 4.98 Å². The third kappa shape index (κ3) is 2.93. The fourth-order valence-corrected chi connectivity index (χ4v) is 2.72. The SMILES string of the molecule is Cc1ccnc(-c2ccc(C)c(B3OC(C)(C)C(C)(C)O3)c2)c1. The Bertz CT molecular complexity index is 724. The number of nitrogens with zero attached hydrogens (tertiary/aromatic N) is 1. The molecule has 0 saturated carbocycles. The predicted molar refractivity (Wildman–Crippen MR) is 94.9 cm³/mol. The van der Waals surface area contributed by atoms with Gasteiger partial charge in [-0.1, -0.05) is 23.8 Å². The number of benzene rings is 1. The lowest BCUT2D eigenvalue weighted by Crippen LogP contribution is -2.41. The molecule has 1 aliphatic rings. The van der Waals surface area contributed by atoms with Crippen LogP contribution in [-0.4, -0.2) is 23.3 Å². The van der Waals surface area contributed by atoms with Crippen molar-refractivity contribution in [2.45, 2.75) is 52.7 Å². The maximum atomic E-state index is 6.20. The van der Waals surface area contributed by atoms with E-state index in [-0.39, 0.29) is 18.3 Å². The summed E-state index contributed by atoms with van der Waals surface area (Å²) in [5.74, 6) is 0. The van der Waals surface area contributed by atoms with Gasteiger partial charge >= 0.3 is 7.12 Å². The van der Waals surface area contributed by atoms with E-state index in [0.29, 0.717) is 0 Å². The van der Waals surface area contributed by atoms with E-state index in [1.54, 1.807) is 0 Å². The first-order chi connectivity index (χ1) is 10.7. The molecule has 0 N–H and O–H groups in total. The van der Waals surface area contributed by atoms with Crippen LogP contribution in [0.4, 0.5) is 0 Å². The molecule has 1 aromatic carbocycles. The van der Waals surface area contributed by atoms with Crippen molar-refractivity contribution < 1.29 is 9.31 Å². The van der Waals surface area contributed by atoms with Gasteiger partial charge in [0.25, 0.3) is 0 Å². The predicted octanol–water partition coefficient (Wildman–Crippen LogP) is 3.66. The molecule has 1 aliphatic heterocycles. The van der Waals surface area contributed by atoms with Crippen LogP contribution in [0.5, 0.6) is 0 Å². The van der Waals surface area contributed by atoms with Crippen molar-refractivity contribution in [1.29, 1.82) is 0 Å². The molecule has 3 nitrogen and oxygen atoms in total. The average molecular weight is 309 g/mol. The summed E-state index contributed by atoms with van der Waals surface area (Å²) in [6.45, 7) is 12.5. The van der Waals surface area contributed by atoms with Crippen molar-refractivity contribution in [2.75, 3.05) is 0 Å². The van der Waals surface area contributed by atoms with E-state index < -0.39 is 0 Å². The molecule has 23 heavy (non-hydrogen) atoms. The van der Waals surface area contributed by atoms with Crippen molar-refractivity contribution in [3.05, 3.63) is 47.7 Å². The molecule has 0 unspecified atom stereocenters. The monoisotopic (exact) mass is 309 g/mol. The minimum absolute atomic E-state index is 0.332. The van der Waals surface area contributed by atoms with Crippen LogP contribution >= 0.6 is 0 Å². The lowest BCUT2D eigenvalue weighted by atomic mass is 9.75. The molecule has 0 spiro atoms. The van der Waals surface area contributed by atoms with E-state index in [2.05, 4.69) is 70.8 Å². The second-order valence-electron chi connectivity index (χ2n) is 7.38. The lowest BCUT2D eigenvalue weighted by molar-refractivity contribution is 0.00578. The van der Waals surface area contributed by atoms with E-state index in [9.17, 15) is 0 Å². The van der Waals surface area contributed by atoms with Gasteiger partial charge in [-0.2, -0.15) is 0 Å². The van der Waals surface area contributed by atoms with Crippen LogP contribution < -0.4 is 5.46 Å². The van der Waals surface area contributed by atoms with Gasteiger partial charge in [0.1, 0.15) is 0 Å². The first-order valence-corrected chi connectivity index (χ1v) is 8.09. The van der Waals surface area contributed by atoms with Crippen molar-refractivity contribution in [3.63, 3.8) is 0 Å². The average Bonchev–Trinajstić information content (AvgIpc) is 2.67. The Kier molecular flexibility index (Phi) is 3.85. The Morgan fingerprint density at radius 2 is 1.57 bits per heavy atom. The molecule has 0 bridgehead atoms. The van der Waals surface area contributed by atoms with Crippen LogP contribution in [0.15, 0.2) is 36.5 Å². The highest BCUT2D eigenvalue weighted by Crippen LogP contribution is 2.37. The Morgan fingerprint density at radius 1 is 0.913 bits per heavy atom. The van der Waals surface area contributed by atoms with Gasteiger partial charge in [-0.15, -0.1) is 0 Å². The highest BCUT2D eigenvalue weighted by Gasteiger charge is 2.52. The fraction of sp³-hybridized carbons (Fsp3) is 0.421. The molecule has 2 aromatic rings. The summed E-state index contributed by atoms with van der Waals surface area (Å²) in [5, 5.41) is 0. The maximum absolute atomic E-state index is 6.20. The third-order valence-corrected chi connectivity index (χ3v) is 5.00. The second kappa shape index (κ2) is 5.46. The van der Waals surface area contributed by atoms with Gasteiger partial charge in [0.15, 0.2) is 0 Å². The Hall–Kier alpha value is -1.65. The quantitative estimate of drug-likeness (QED) is 0.793. The molecule has 120 valence electrons. The number of aryl methyl sites for hydroxylation is 2. The zero-order valence-corrected chi connectivity index (χ0v) is 14.8. The molecule has 0 radical (unpaired) electrons. The van der Waals surface area contributed by atoms with E-state index in [1.165, 1.54) is 11.1 Å². The van der Waals surface area contributed by atoms with Crippen LogP contribution in [0.2, 0.25) is 0 Å². The lowest BCUT2D eigenvalue weighted by Gasteiger charge is -2.32. The molecule has 0 atom stereocenters. The molecule has 1 aromatic heterocycles. The van der Waals surface area contributed by atoms with Gasteiger partial charge in [0.05, 0.1) is 16.9 Å². The van der Waals surface area contributed by atoms with Crippen LogP contribution in [-0.2, 0) is 9.31 Å². The topological polar surface area (TPSA) is 31.4 Å². The summed E-state index contributed by atoms with van der Waals surface area (Å²) in [5.41, 5.74) is 4.84. The van der Waals surface area contributed by atoms with Crippen LogP contribution in [0, 0.1) is 13.8 Å². The standard InChI is InChI=1S/C19H24BNO2/c1-13-9-10-21-17(11-13)15-8-7-14(2)16(12-15)20-22-18(3,4)19(5,6)23-20/h7-12H,1-6H3. The minimum atomic E-state index is -0.343. The summed E-state index contributed by atoms with van der Waals surface area (Å²) in [6, 6.07) is 10.5. The maximum Gasteiger partial charge on any atom is 0.495 e. The zero-order valence-electron chi connectivity index (χ0n) is 14.8. The van der Waals surface area contributed by atoms with Gasteiger partial charge in [-0.25, -0.2) is 0 Å². The van der Waals surface area contributed by atoms with Crippen LogP contribution in [0.25, 0.3) is 11.3 Å². The number of aromatic nitrogens is 1. The minimum Gasteiger partial charge on any atom is -0.399 e.